The number of aliphatic hydroxyl groups is 1. The summed E-state index contributed by atoms with van der Waals surface area (Å²) in [6.07, 6.45) is 0.862. The molecule has 0 aliphatic carbocycles. The van der Waals surface area contributed by atoms with Gasteiger partial charge in [-0.2, -0.15) is 0 Å². The third-order valence-electron chi connectivity index (χ3n) is 3.46. The van der Waals surface area contributed by atoms with Gasteiger partial charge in [-0.3, -0.25) is 0 Å². The van der Waals surface area contributed by atoms with E-state index in [9.17, 15) is 13.9 Å². The van der Waals surface area contributed by atoms with Gasteiger partial charge in [0, 0.05) is 6.61 Å². The van der Waals surface area contributed by atoms with Crippen molar-refractivity contribution < 1.29 is 18.6 Å². The first kappa shape index (κ1) is 15.4. The van der Waals surface area contributed by atoms with E-state index < -0.39 is 11.6 Å². The van der Waals surface area contributed by atoms with Crippen molar-refractivity contribution in [1.82, 2.24) is 0 Å². The van der Waals surface area contributed by atoms with Crippen molar-refractivity contribution in [1.29, 1.82) is 0 Å². The fourth-order valence-electron chi connectivity index (χ4n) is 2.35. The van der Waals surface area contributed by atoms with Gasteiger partial charge in [0.1, 0.15) is 5.75 Å². The molecule has 0 spiro atoms. The topological polar surface area (TPSA) is 29.5 Å². The van der Waals surface area contributed by atoms with Gasteiger partial charge in [0.2, 0.25) is 0 Å². The van der Waals surface area contributed by atoms with Crippen molar-refractivity contribution in [3.63, 3.8) is 0 Å². The highest BCUT2D eigenvalue weighted by Gasteiger charge is 2.15. The minimum absolute atomic E-state index is 0.0901. The molecule has 0 amide bonds. The lowest BCUT2D eigenvalue weighted by Gasteiger charge is -2.15. The molecule has 2 rings (SSSR count). The van der Waals surface area contributed by atoms with Gasteiger partial charge in [-0.05, 0) is 48.1 Å². The SMILES string of the molecule is COc1cccc(CC(CO)Cc2cccc(F)c2F)c1. The molecule has 0 heterocycles. The molecule has 21 heavy (non-hydrogen) atoms. The highest BCUT2D eigenvalue weighted by atomic mass is 19.2. The Morgan fingerprint density at radius 3 is 2.57 bits per heavy atom. The van der Waals surface area contributed by atoms with Crippen LogP contribution in [0, 0.1) is 17.6 Å². The summed E-state index contributed by atoms with van der Waals surface area (Å²) >= 11 is 0. The Labute approximate surface area is 123 Å². The molecule has 112 valence electrons. The third kappa shape index (κ3) is 4.02. The molecule has 0 aromatic heterocycles. The summed E-state index contributed by atoms with van der Waals surface area (Å²) in [5.41, 5.74) is 1.28. The first-order valence-electron chi connectivity index (χ1n) is 6.80. The zero-order valence-electron chi connectivity index (χ0n) is 11.9. The van der Waals surface area contributed by atoms with E-state index in [0.717, 1.165) is 17.4 Å². The van der Waals surface area contributed by atoms with E-state index in [1.807, 2.05) is 24.3 Å². The predicted molar refractivity (Wildman–Crippen MR) is 77.3 cm³/mol. The molecular weight excluding hydrogens is 274 g/mol. The van der Waals surface area contributed by atoms with Gasteiger partial charge < -0.3 is 9.84 Å². The monoisotopic (exact) mass is 292 g/mol. The van der Waals surface area contributed by atoms with Crippen LogP contribution >= 0.6 is 0 Å². The molecule has 1 atom stereocenters. The van der Waals surface area contributed by atoms with Crippen molar-refractivity contribution in [2.24, 2.45) is 5.92 Å². The largest absolute Gasteiger partial charge is 0.497 e. The van der Waals surface area contributed by atoms with Crippen LogP contribution in [0.2, 0.25) is 0 Å². The van der Waals surface area contributed by atoms with Crippen molar-refractivity contribution in [2.75, 3.05) is 13.7 Å². The number of aliphatic hydroxyl groups excluding tert-OH is 1. The van der Waals surface area contributed by atoms with Gasteiger partial charge in [0.15, 0.2) is 11.6 Å². The molecule has 0 saturated heterocycles. The first-order chi connectivity index (χ1) is 10.1. The smallest absolute Gasteiger partial charge is 0.162 e. The molecule has 0 bridgehead atoms. The van der Waals surface area contributed by atoms with E-state index in [-0.39, 0.29) is 24.5 Å². The molecule has 0 radical (unpaired) electrons. The average Bonchev–Trinajstić information content (AvgIpc) is 2.51. The second kappa shape index (κ2) is 7.18. The molecule has 0 aliphatic heterocycles. The molecule has 2 nitrogen and oxygen atoms in total. The fraction of sp³-hybridized carbons (Fsp3) is 0.294. The maximum atomic E-state index is 13.7. The molecule has 1 unspecified atom stereocenters. The number of ether oxygens (including phenoxy) is 1. The van der Waals surface area contributed by atoms with E-state index in [2.05, 4.69) is 0 Å². The number of methoxy groups -OCH3 is 1. The number of hydrogen-bond donors (Lipinski definition) is 1. The van der Waals surface area contributed by atoms with Gasteiger partial charge in [-0.15, -0.1) is 0 Å². The van der Waals surface area contributed by atoms with Crippen LogP contribution in [-0.4, -0.2) is 18.8 Å². The molecule has 0 fully saturated rings. The Balaban J connectivity index is 2.11. The summed E-state index contributed by atoms with van der Waals surface area (Å²) in [6, 6.07) is 11.6. The van der Waals surface area contributed by atoms with E-state index in [1.165, 1.54) is 6.07 Å². The number of benzene rings is 2. The van der Waals surface area contributed by atoms with E-state index >= 15 is 0 Å². The Kier molecular flexibility index (Phi) is 5.28. The van der Waals surface area contributed by atoms with Crippen LogP contribution in [0.1, 0.15) is 11.1 Å². The van der Waals surface area contributed by atoms with Crippen LogP contribution < -0.4 is 4.74 Å². The zero-order valence-corrected chi connectivity index (χ0v) is 11.9. The third-order valence-corrected chi connectivity index (χ3v) is 3.46. The molecule has 4 heteroatoms. The summed E-state index contributed by atoms with van der Waals surface area (Å²) < 4.78 is 32.0. The predicted octanol–water partition coefficient (Wildman–Crippen LogP) is 3.37. The Bertz CT molecular complexity index is 599. The lowest BCUT2D eigenvalue weighted by Crippen LogP contribution is -2.14. The molecule has 0 saturated carbocycles. The van der Waals surface area contributed by atoms with Crippen molar-refractivity contribution in [2.45, 2.75) is 12.8 Å². The minimum Gasteiger partial charge on any atom is -0.497 e. The zero-order chi connectivity index (χ0) is 15.2. The van der Waals surface area contributed by atoms with Crippen LogP contribution in [0.3, 0.4) is 0 Å². The Morgan fingerprint density at radius 2 is 1.86 bits per heavy atom. The fourth-order valence-corrected chi connectivity index (χ4v) is 2.35. The minimum atomic E-state index is -0.856. The van der Waals surface area contributed by atoms with E-state index in [4.69, 9.17) is 4.74 Å². The normalized spacial score (nSPS) is 12.2. The molecule has 2 aromatic carbocycles. The van der Waals surface area contributed by atoms with Crippen molar-refractivity contribution >= 4 is 0 Å². The summed E-state index contributed by atoms with van der Waals surface area (Å²) in [5.74, 6) is -1.12. The number of rotatable bonds is 6. The average molecular weight is 292 g/mol. The second-order valence-corrected chi connectivity index (χ2v) is 5.02. The molecule has 0 aliphatic rings. The first-order valence-corrected chi connectivity index (χ1v) is 6.80. The Morgan fingerprint density at radius 1 is 1.10 bits per heavy atom. The second-order valence-electron chi connectivity index (χ2n) is 5.02. The highest BCUT2D eigenvalue weighted by molar-refractivity contribution is 5.29. The van der Waals surface area contributed by atoms with Crippen LogP contribution in [0.25, 0.3) is 0 Å². The summed E-state index contributed by atoms with van der Waals surface area (Å²) in [4.78, 5) is 0. The van der Waals surface area contributed by atoms with E-state index in [0.29, 0.717) is 6.42 Å². The Hall–Kier alpha value is -1.94. The van der Waals surface area contributed by atoms with Gasteiger partial charge in [-0.1, -0.05) is 24.3 Å². The molecule has 1 N–H and O–H groups in total. The van der Waals surface area contributed by atoms with Gasteiger partial charge in [0.25, 0.3) is 0 Å². The highest BCUT2D eigenvalue weighted by Crippen LogP contribution is 2.20. The summed E-state index contributed by atoms with van der Waals surface area (Å²) in [5, 5.41) is 9.49. The number of halogens is 2. The van der Waals surface area contributed by atoms with Gasteiger partial charge in [0.05, 0.1) is 7.11 Å². The van der Waals surface area contributed by atoms with Gasteiger partial charge in [-0.25, -0.2) is 8.78 Å². The maximum Gasteiger partial charge on any atom is 0.162 e. The van der Waals surface area contributed by atoms with Crippen LogP contribution in [0.4, 0.5) is 8.78 Å². The summed E-state index contributed by atoms with van der Waals surface area (Å²) in [6.45, 7) is -0.0901. The van der Waals surface area contributed by atoms with Crippen LogP contribution in [-0.2, 0) is 12.8 Å². The molecule has 2 aromatic rings. The standard InChI is InChI=1S/C17H18F2O2/c1-21-15-6-2-4-12(10-15)8-13(11-20)9-14-5-3-7-16(18)17(14)19/h2-7,10,13,20H,8-9,11H2,1H3. The molecular formula is C17H18F2O2. The maximum absolute atomic E-state index is 13.7. The van der Waals surface area contributed by atoms with Crippen molar-refractivity contribution in [3.8, 4) is 5.75 Å². The lowest BCUT2D eigenvalue weighted by molar-refractivity contribution is 0.223. The van der Waals surface area contributed by atoms with Crippen molar-refractivity contribution in [3.05, 3.63) is 65.2 Å². The van der Waals surface area contributed by atoms with Crippen LogP contribution in [0.15, 0.2) is 42.5 Å². The lowest BCUT2D eigenvalue weighted by atomic mass is 9.93. The summed E-state index contributed by atoms with van der Waals surface area (Å²) in [7, 11) is 1.59. The van der Waals surface area contributed by atoms with E-state index in [1.54, 1.807) is 13.2 Å². The van der Waals surface area contributed by atoms with Gasteiger partial charge >= 0.3 is 0 Å². The number of hydrogen-bond acceptors (Lipinski definition) is 2. The quantitative estimate of drug-likeness (QED) is 0.884. The van der Waals surface area contributed by atoms with Crippen LogP contribution in [0.5, 0.6) is 5.75 Å².